The molecule has 1 heterocycles. The van der Waals surface area contributed by atoms with Gasteiger partial charge >= 0.3 is 5.97 Å². The van der Waals surface area contributed by atoms with Gasteiger partial charge < -0.3 is 10.1 Å². The van der Waals surface area contributed by atoms with E-state index in [2.05, 4.69) is 5.32 Å². The van der Waals surface area contributed by atoms with Crippen molar-refractivity contribution < 1.29 is 19.2 Å². The Hall–Kier alpha value is -2.97. The number of carbonyl (C=O) groups is 2. The molecule has 3 rings (SSSR count). The fourth-order valence-electron chi connectivity index (χ4n) is 2.69. The Morgan fingerprint density at radius 2 is 2.00 bits per heavy atom. The third-order valence-corrected chi connectivity index (χ3v) is 5.58. The molecule has 7 nitrogen and oxygen atoms in total. The summed E-state index contributed by atoms with van der Waals surface area (Å²) < 4.78 is 6.14. The van der Waals surface area contributed by atoms with Gasteiger partial charge in [-0.3, -0.25) is 14.9 Å². The summed E-state index contributed by atoms with van der Waals surface area (Å²) in [4.78, 5) is 35.8. The second-order valence-corrected chi connectivity index (χ2v) is 7.63. The maximum absolute atomic E-state index is 12.8. The smallest absolute Gasteiger partial charge is 0.341 e. The first-order valence-corrected chi connectivity index (χ1v) is 10.1. The summed E-state index contributed by atoms with van der Waals surface area (Å²) >= 11 is 7.28. The van der Waals surface area contributed by atoms with E-state index >= 15 is 0 Å². The van der Waals surface area contributed by atoms with Crippen LogP contribution in [-0.2, 0) is 4.74 Å². The van der Waals surface area contributed by atoms with E-state index < -0.39 is 16.8 Å². The average Bonchev–Trinajstić information content (AvgIpc) is 3.05. The van der Waals surface area contributed by atoms with Crippen LogP contribution in [0.25, 0.3) is 10.1 Å². The summed E-state index contributed by atoms with van der Waals surface area (Å²) in [7, 11) is 0. The number of rotatable bonds is 7. The second-order valence-electron chi connectivity index (χ2n) is 6.17. The third kappa shape index (κ3) is 4.55. The Labute approximate surface area is 175 Å². The van der Waals surface area contributed by atoms with Gasteiger partial charge in [-0.15, -0.1) is 11.3 Å². The van der Waals surface area contributed by atoms with Crippen molar-refractivity contribution in [3.8, 4) is 0 Å². The molecule has 1 amide bonds. The van der Waals surface area contributed by atoms with E-state index in [0.29, 0.717) is 10.4 Å². The molecule has 9 heteroatoms. The highest BCUT2D eigenvalue weighted by Gasteiger charge is 2.23. The van der Waals surface area contributed by atoms with Gasteiger partial charge in [-0.25, -0.2) is 4.79 Å². The summed E-state index contributed by atoms with van der Waals surface area (Å²) in [5.74, 6) is -1.18. The number of carbonyl (C=O) groups excluding carboxylic acids is 2. The lowest BCUT2D eigenvalue weighted by Gasteiger charge is -2.08. The van der Waals surface area contributed by atoms with E-state index in [1.54, 1.807) is 12.1 Å². The van der Waals surface area contributed by atoms with Gasteiger partial charge in [0.1, 0.15) is 10.6 Å². The second kappa shape index (κ2) is 9.02. The number of nitro benzene ring substituents is 1. The van der Waals surface area contributed by atoms with Crippen LogP contribution in [0.5, 0.6) is 0 Å². The van der Waals surface area contributed by atoms with Crippen LogP contribution in [0, 0.1) is 10.1 Å². The highest BCUT2D eigenvalue weighted by atomic mass is 35.5. The number of anilines is 1. The first-order chi connectivity index (χ1) is 13.9. The van der Waals surface area contributed by atoms with Crippen molar-refractivity contribution in [1.29, 1.82) is 0 Å². The van der Waals surface area contributed by atoms with Crippen molar-refractivity contribution in [2.24, 2.45) is 0 Å². The van der Waals surface area contributed by atoms with E-state index in [0.717, 1.165) is 23.6 Å². The molecule has 0 spiro atoms. The maximum Gasteiger partial charge on any atom is 0.341 e. The largest absolute Gasteiger partial charge is 0.462 e. The Morgan fingerprint density at radius 1 is 1.24 bits per heavy atom. The standard InChI is InChI=1S/C20H17ClN2O5S/c1-2-3-10-28-20(25)17-13-6-4-5-7-16(13)29-19(17)22-18(24)14-11-12(23(26)27)8-9-15(14)21/h4-9,11H,2-3,10H2,1H3,(H,22,24). The molecule has 0 unspecified atom stereocenters. The van der Waals surface area contributed by atoms with Crippen LogP contribution in [-0.4, -0.2) is 23.4 Å². The summed E-state index contributed by atoms with van der Waals surface area (Å²) in [6.07, 6.45) is 1.62. The lowest BCUT2D eigenvalue weighted by molar-refractivity contribution is -0.384. The van der Waals surface area contributed by atoms with Gasteiger partial charge in [-0.2, -0.15) is 0 Å². The van der Waals surface area contributed by atoms with Crippen LogP contribution in [0.2, 0.25) is 5.02 Å². The maximum atomic E-state index is 12.8. The van der Waals surface area contributed by atoms with E-state index in [4.69, 9.17) is 16.3 Å². The quantitative estimate of drug-likeness (QED) is 0.224. The van der Waals surface area contributed by atoms with Crippen LogP contribution < -0.4 is 5.32 Å². The summed E-state index contributed by atoms with van der Waals surface area (Å²) in [6.45, 7) is 2.27. The summed E-state index contributed by atoms with van der Waals surface area (Å²) in [5.41, 5.74) is -0.0460. The molecule has 0 saturated heterocycles. The molecule has 0 bridgehead atoms. The molecule has 1 aromatic heterocycles. The van der Waals surface area contributed by atoms with Gasteiger partial charge in [-0.1, -0.05) is 43.1 Å². The monoisotopic (exact) mass is 432 g/mol. The van der Waals surface area contributed by atoms with Crippen molar-refractivity contribution in [1.82, 2.24) is 0 Å². The molecule has 1 N–H and O–H groups in total. The molecular formula is C20H17ClN2O5S. The highest BCUT2D eigenvalue weighted by molar-refractivity contribution is 7.23. The topological polar surface area (TPSA) is 98.5 Å². The van der Waals surface area contributed by atoms with Crippen molar-refractivity contribution in [2.45, 2.75) is 19.8 Å². The molecule has 2 aromatic carbocycles. The first kappa shape index (κ1) is 20.8. The number of halogens is 1. The third-order valence-electron chi connectivity index (χ3n) is 4.16. The van der Waals surface area contributed by atoms with E-state index in [-0.39, 0.29) is 28.4 Å². The zero-order chi connectivity index (χ0) is 21.0. The van der Waals surface area contributed by atoms with E-state index in [9.17, 15) is 19.7 Å². The number of hydrogen-bond donors (Lipinski definition) is 1. The van der Waals surface area contributed by atoms with E-state index in [1.807, 2.05) is 19.1 Å². The number of nitro groups is 1. The molecule has 29 heavy (non-hydrogen) atoms. The zero-order valence-electron chi connectivity index (χ0n) is 15.4. The van der Waals surface area contributed by atoms with Crippen LogP contribution in [0.1, 0.15) is 40.5 Å². The molecule has 0 aliphatic heterocycles. The van der Waals surface area contributed by atoms with Crippen molar-refractivity contribution in [3.05, 3.63) is 68.7 Å². The van der Waals surface area contributed by atoms with Crippen LogP contribution in [0.15, 0.2) is 42.5 Å². The first-order valence-electron chi connectivity index (χ1n) is 8.86. The number of nitrogens with zero attached hydrogens (tertiary/aromatic N) is 1. The number of amides is 1. The lowest BCUT2D eigenvalue weighted by Crippen LogP contribution is -2.15. The minimum Gasteiger partial charge on any atom is -0.462 e. The average molecular weight is 433 g/mol. The minimum atomic E-state index is -0.645. The number of benzene rings is 2. The molecule has 0 fully saturated rings. The number of hydrogen-bond acceptors (Lipinski definition) is 6. The molecule has 0 aliphatic rings. The molecular weight excluding hydrogens is 416 g/mol. The molecule has 0 radical (unpaired) electrons. The molecule has 3 aromatic rings. The van der Waals surface area contributed by atoms with Crippen LogP contribution in [0.3, 0.4) is 0 Å². The van der Waals surface area contributed by atoms with Crippen molar-refractivity contribution >= 4 is 55.6 Å². The zero-order valence-corrected chi connectivity index (χ0v) is 17.0. The van der Waals surface area contributed by atoms with Gasteiger partial charge in [0.15, 0.2) is 0 Å². The molecule has 150 valence electrons. The number of non-ortho nitro benzene ring substituents is 1. The summed E-state index contributed by atoms with van der Waals surface area (Å²) in [6, 6.07) is 10.8. The number of thiophene rings is 1. The van der Waals surface area contributed by atoms with Crippen molar-refractivity contribution in [3.63, 3.8) is 0 Å². The van der Waals surface area contributed by atoms with Crippen molar-refractivity contribution in [2.75, 3.05) is 11.9 Å². The Morgan fingerprint density at radius 3 is 2.72 bits per heavy atom. The highest BCUT2D eigenvalue weighted by Crippen LogP contribution is 2.37. The normalized spacial score (nSPS) is 10.7. The fourth-order valence-corrected chi connectivity index (χ4v) is 3.98. The number of esters is 1. The van der Waals surface area contributed by atoms with Gasteiger partial charge in [-0.05, 0) is 18.6 Å². The lowest BCUT2D eigenvalue weighted by atomic mass is 10.1. The predicted octanol–water partition coefficient (Wildman–Crippen LogP) is 5.67. The SMILES string of the molecule is CCCCOC(=O)c1c(NC(=O)c2cc([N+](=O)[O-])ccc2Cl)sc2ccccc12. The molecule has 0 aliphatic carbocycles. The van der Waals surface area contributed by atoms with Gasteiger partial charge in [0, 0.05) is 22.2 Å². The number of nitrogens with one attached hydrogen (secondary N) is 1. The summed E-state index contributed by atoms with van der Waals surface area (Å²) in [5, 5.41) is 14.7. The predicted molar refractivity (Wildman–Crippen MR) is 113 cm³/mol. The fraction of sp³-hybridized carbons (Fsp3) is 0.200. The molecule has 0 saturated carbocycles. The van der Waals surface area contributed by atoms with Crippen LogP contribution in [0.4, 0.5) is 10.7 Å². The minimum absolute atomic E-state index is 0.0522. The Kier molecular flexibility index (Phi) is 6.46. The number of fused-ring (bicyclic) bond motifs is 1. The van der Waals surface area contributed by atoms with Gasteiger partial charge in [0.05, 0.1) is 22.1 Å². The van der Waals surface area contributed by atoms with Gasteiger partial charge in [0.25, 0.3) is 11.6 Å². The molecule has 0 atom stereocenters. The van der Waals surface area contributed by atoms with E-state index in [1.165, 1.54) is 23.5 Å². The van der Waals surface area contributed by atoms with Gasteiger partial charge in [0.2, 0.25) is 0 Å². The Bertz CT molecular complexity index is 1100. The van der Waals surface area contributed by atoms with Crippen LogP contribution >= 0.6 is 22.9 Å². The Balaban J connectivity index is 1.96. The number of ether oxygens (including phenoxy) is 1. The number of unbranched alkanes of at least 4 members (excludes halogenated alkanes) is 1.